The zero-order valence-corrected chi connectivity index (χ0v) is 19.3. The first kappa shape index (κ1) is 23.5. The molecule has 0 spiro atoms. The largest absolute Gasteiger partial charge is 0.452 e. The zero-order valence-electron chi connectivity index (χ0n) is 19.3. The number of carbonyl (C=O) groups excluding carboxylic acids is 3. The molecule has 2 aromatic carbocycles. The molecule has 178 valence electrons. The predicted octanol–water partition coefficient (Wildman–Crippen LogP) is 4.68. The van der Waals surface area contributed by atoms with Gasteiger partial charge in [-0.3, -0.25) is 9.59 Å². The van der Waals surface area contributed by atoms with E-state index in [2.05, 4.69) is 22.0 Å². The summed E-state index contributed by atoms with van der Waals surface area (Å²) in [6.45, 7) is 0.287. The van der Waals surface area contributed by atoms with Crippen LogP contribution in [0.1, 0.15) is 65.7 Å². The Labute approximate surface area is 200 Å². The topological polar surface area (TPSA) is 96.5 Å². The number of hydrogen-bond acceptors (Lipinski definition) is 5. The molecule has 0 bridgehead atoms. The minimum atomic E-state index is -0.574. The maximum atomic E-state index is 12.7. The van der Waals surface area contributed by atoms with Crippen LogP contribution in [0.25, 0.3) is 0 Å². The normalized spacial score (nSPS) is 15.1. The van der Waals surface area contributed by atoms with Gasteiger partial charge in [0, 0.05) is 18.3 Å². The molecule has 7 nitrogen and oxygen atoms in total. The Morgan fingerprint density at radius 1 is 0.912 bits per heavy atom. The molecule has 0 atom stereocenters. The summed E-state index contributed by atoms with van der Waals surface area (Å²) in [6.07, 6.45) is 10.0. The van der Waals surface area contributed by atoms with Gasteiger partial charge in [-0.05, 0) is 69.2 Å². The van der Waals surface area contributed by atoms with Gasteiger partial charge in [-0.1, -0.05) is 35.9 Å². The van der Waals surface area contributed by atoms with Crippen molar-refractivity contribution >= 4 is 29.2 Å². The third-order valence-corrected chi connectivity index (χ3v) is 5.99. The Hall–Kier alpha value is -3.61. The van der Waals surface area contributed by atoms with Crippen LogP contribution in [0.15, 0.2) is 60.2 Å². The Kier molecular flexibility index (Phi) is 7.96. The maximum absolute atomic E-state index is 12.7. The summed E-state index contributed by atoms with van der Waals surface area (Å²) >= 11 is 0. The summed E-state index contributed by atoms with van der Waals surface area (Å²) in [5, 5.41) is 8.91. The first-order chi connectivity index (χ1) is 16.6. The van der Waals surface area contributed by atoms with Gasteiger partial charge in [-0.15, -0.1) is 0 Å². The molecule has 34 heavy (non-hydrogen) atoms. The lowest BCUT2D eigenvalue weighted by atomic mass is 9.97. The van der Waals surface area contributed by atoms with Crippen molar-refractivity contribution in [2.45, 2.75) is 51.0 Å². The van der Waals surface area contributed by atoms with Crippen LogP contribution in [0.2, 0.25) is 0 Å². The number of nitrogens with one attached hydrogen (secondary N) is 3. The van der Waals surface area contributed by atoms with Crippen LogP contribution in [-0.2, 0) is 9.53 Å². The quantitative estimate of drug-likeness (QED) is 0.353. The molecule has 2 aliphatic carbocycles. The lowest BCUT2D eigenvalue weighted by molar-refractivity contribution is -0.119. The molecule has 1 fully saturated rings. The smallest absolute Gasteiger partial charge is 0.340 e. The Balaban J connectivity index is 1.29. The number of ether oxygens (including phenoxy) is 1. The summed E-state index contributed by atoms with van der Waals surface area (Å²) in [4.78, 5) is 37.5. The average molecular weight is 462 g/mol. The molecule has 2 aliphatic rings. The molecule has 1 saturated carbocycles. The monoisotopic (exact) mass is 461 g/mol. The van der Waals surface area contributed by atoms with Gasteiger partial charge in [0.15, 0.2) is 6.61 Å². The van der Waals surface area contributed by atoms with Gasteiger partial charge in [0.05, 0.1) is 16.8 Å². The van der Waals surface area contributed by atoms with Crippen LogP contribution in [0.4, 0.5) is 11.4 Å². The van der Waals surface area contributed by atoms with Gasteiger partial charge < -0.3 is 20.7 Å². The predicted molar refractivity (Wildman–Crippen MR) is 132 cm³/mol. The first-order valence-corrected chi connectivity index (χ1v) is 12.0. The Bertz CT molecular complexity index is 1080. The van der Waals surface area contributed by atoms with Crippen molar-refractivity contribution in [3.8, 4) is 0 Å². The lowest BCUT2D eigenvalue weighted by Crippen LogP contribution is -2.28. The van der Waals surface area contributed by atoms with Crippen molar-refractivity contribution < 1.29 is 19.1 Å². The number of allylic oxidation sites excluding steroid dienone is 1. The second-order valence-electron chi connectivity index (χ2n) is 8.75. The highest BCUT2D eigenvalue weighted by atomic mass is 16.5. The number of benzene rings is 2. The molecule has 3 N–H and O–H groups in total. The van der Waals surface area contributed by atoms with Crippen LogP contribution in [0, 0.1) is 0 Å². The standard InChI is InChI=1S/C27H31N3O4/c31-25(30-24-13-7-4-10-21(24)26(32)29-20-14-15-20)18-34-27(33)22-11-5-6-12-23(22)28-17-16-19-8-2-1-3-9-19/h4-8,10-13,20,28H,1-3,9,14-18H2,(H,29,32)(H,30,31). The highest BCUT2D eigenvalue weighted by Gasteiger charge is 2.25. The Morgan fingerprint density at radius 3 is 2.38 bits per heavy atom. The summed E-state index contributed by atoms with van der Waals surface area (Å²) in [7, 11) is 0. The van der Waals surface area contributed by atoms with Crippen LogP contribution in [0.5, 0.6) is 0 Å². The summed E-state index contributed by atoms with van der Waals surface area (Å²) < 4.78 is 5.27. The minimum absolute atomic E-state index is 0.213. The van der Waals surface area contributed by atoms with E-state index in [0.717, 1.165) is 38.6 Å². The fraction of sp³-hybridized carbons (Fsp3) is 0.370. The van der Waals surface area contributed by atoms with E-state index >= 15 is 0 Å². The molecular weight excluding hydrogens is 430 g/mol. The Morgan fingerprint density at radius 2 is 1.65 bits per heavy atom. The molecule has 0 aliphatic heterocycles. The second-order valence-corrected chi connectivity index (χ2v) is 8.75. The van der Waals surface area contributed by atoms with Gasteiger partial charge >= 0.3 is 5.97 Å². The molecule has 4 rings (SSSR count). The first-order valence-electron chi connectivity index (χ1n) is 12.0. The van der Waals surface area contributed by atoms with E-state index in [4.69, 9.17) is 4.74 Å². The van der Waals surface area contributed by atoms with Crippen LogP contribution >= 0.6 is 0 Å². The van der Waals surface area contributed by atoms with Crippen LogP contribution in [-0.4, -0.2) is 37.0 Å². The second kappa shape index (κ2) is 11.5. The molecule has 2 amide bonds. The molecule has 2 aromatic rings. The van der Waals surface area contributed by atoms with Crippen molar-refractivity contribution in [2.75, 3.05) is 23.8 Å². The van der Waals surface area contributed by atoms with Crippen molar-refractivity contribution in [3.05, 3.63) is 71.3 Å². The molecule has 7 heteroatoms. The number of carbonyl (C=O) groups is 3. The summed E-state index contributed by atoms with van der Waals surface area (Å²) in [5.74, 6) is -1.30. The van der Waals surface area contributed by atoms with Crippen molar-refractivity contribution in [3.63, 3.8) is 0 Å². The highest BCUT2D eigenvalue weighted by molar-refractivity contribution is 6.04. The third kappa shape index (κ3) is 6.70. The van der Waals surface area contributed by atoms with E-state index in [-0.39, 0.29) is 11.9 Å². The third-order valence-electron chi connectivity index (χ3n) is 5.99. The van der Waals surface area contributed by atoms with Crippen molar-refractivity contribution in [1.82, 2.24) is 5.32 Å². The fourth-order valence-corrected chi connectivity index (χ4v) is 3.98. The van der Waals surface area contributed by atoms with Gasteiger partial charge in [-0.2, -0.15) is 0 Å². The van der Waals surface area contributed by atoms with E-state index in [9.17, 15) is 14.4 Å². The van der Waals surface area contributed by atoms with Crippen LogP contribution < -0.4 is 16.0 Å². The fourth-order valence-electron chi connectivity index (χ4n) is 3.98. The molecule has 0 aromatic heterocycles. The number of amides is 2. The molecule has 0 unspecified atom stereocenters. The molecule has 0 radical (unpaired) electrons. The zero-order chi connectivity index (χ0) is 23.8. The number of esters is 1. The number of para-hydroxylation sites is 2. The van der Waals surface area contributed by atoms with Crippen molar-refractivity contribution in [2.24, 2.45) is 0 Å². The van der Waals surface area contributed by atoms with Crippen LogP contribution in [0.3, 0.4) is 0 Å². The van der Waals surface area contributed by atoms with Gasteiger partial charge in [0.1, 0.15) is 0 Å². The SMILES string of the molecule is O=C(COC(=O)c1ccccc1NCCC1=CCCCC1)Nc1ccccc1C(=O)NC1CC1. The number of rotatable bonds is 10. The molecule has 0 saturated heterocycles. The molecular formula is C27H31N3O4. The summed E-state index contributed by atoms with van der Waals surface area (Å²) in [5.41, 5.74) is 3.31. The van der Waals surface area contributed by atoms with E-state index in [1.807, 2.05) is 12.1 Å². The maximum Gasteiger partial charge on any atom is 0.340 e. The number of hydrogen-bond donors (Lipinski definition) is 3. The average Bonchev–Trinajstić information content (AvgIpc) is 3.68. The van der Waals surface area contributed by atoms with Gasteiger partial charge in [-0.25, -0.2) is 4.79 Å². The molecule has 0 heterocycles. The van der Waals surface area contributed by atoms with E-state index in [1.54, 1.807) is 36.4 Å². The van der Waals surface area contributed by atoms with Gasteiger partial charge in [0.25, 0.3) is 11.8 Å². The number of anilines is 2. The highest BCUT2D eigenvalue weighted by Crippen LogP contribution is 2.23. The summed E-state index contributed by atoms with van der Waals surface area (Å²) in [6, 6.07) is 14.1. The lowest BCUT2D eigenvalue weighted by Gasteiger charge is -2.15. The minimum Gasteiger partial charge on any atom is -0.452 e. The van der Waals surface area contributed by atoms with Crippen molar-refractivity contribution in [1.29, 1.82) is 0 Å². The van der Waals surface area contributed by atoms with E-state index in [0.29, 0.717) is 22.5 Å². The van der Waals surface area contributed by atoms with E-state index < -0.39 is 18.5 Å². The van der Waals surface area contributed by atoms with Gasteiger partial charge in [0.2, 0.25) is 0 Å². The van der Waals surface area contributed by atoms with E-state index in [1.165, 1.54) is 18.4 Å².